The zero-order valence-corrected chi connectivity index (χ0v) is 18.5. The Morgan fingerprint density at radius 3 is 2.03 bits per heavy atom. The second-order valence-corrected chi connectivity index (χ2v) is 7.00. The highest BCUT2D eigenvalue weighted by Crippen LogP contribution is 2.46. The molecule has 0 atom stereocenters. The van der Waals surface area contributed by atoms with E-state index in [9.17, 15) is 4.79 Å². The quantitative estimate of drug-likeness (QED) is 0.318. The van der Waals surface area contributed by atoms with Gasteiger partial charge in [0.25, 0.3) is 0 Å². The van der Waals surface area contributed by atoms with Crippen molar-refractivity contribution in [2.75, 3.05) is 28.4 Å². The van der Waals surface area contributed by atoms with Crippen LogP contribution in [0.2, 0.25) is 0 Å². The van der Waals surface area contributed by atoms with Crippen molar-refractivity contribution in [3.8, 4) is 23.0 Å². The Kier molecular flexibility index (Phi) is 8.15. The minimum atomic E-state index is -0.601. The molecule has 0 saturated heterocycles. The fraction of sp³-hybridized carbons (Fsp3) is 0.455. The predicted molar refractivity (Wildman–Crippen MR) is 114 cm³/mol. The predicted octanol–water partition coefficient (Wildman–Crippen LogP) is 4.51. The molecule has 8 heteroatoms. The van der Waals surface area contributed by atoms with Crippen molar-refractivity contribution in [3.05, 3.63) is 23.8 Å². The number of carbonyl (C=O) groups excluding carboxylic acids is 1. The van der Waals surface area contributed by atoms with E-state index in [0.717, 1.165) is 6.42 Å². The summed E-state index contributed by atoms with van der Waals surface area (Å²) in [5.74, 6) is 2.11. The summed E-state index contributed by atoms with van der Waals surface area (Å²) >= 11 is 0. The zero-order valence-electron chi connectivity index (χ0n) is 18.5. The van der Waals surface area contributed by atoms with Gasteiger partial charge in [0.2, 0.25) is 0 Å². The van der Waals surface area contributed by atoms with Crippen molar-refractivity contribution >= 4 is 22.5 Å². The number of oxime groups is 1. The molecule has 0 spiro atoms. The molecule has 0 aromatic heterocycles. The molecule has 0 aliphatic carbocycles. The number of hydrogen-bond acceptors (Lipinski definition) is 8. The molecule has 2 aromatic carbocycles. The van der Waals surface area contributed by atoms with Crippen LogP contribution >= 0.6 is 0 Å². The zero-order chi connectivity index (χ0) is 22.3. The van der Waals surface area contributed by atoms with E-state index in [2.05, 4.69) is 23.9 Å². The molecule has 8 nitrogen and oxygen atoms in total. The highest BCUT2D eigenvalue weighted by molar-refractivity contribution is 6.12. The molecule has 2 rings (SSSR count). The smallest absolute Gasteiger partial charge is 0.354 e. The molecule has 0 saturated carbocycles. The summed E-state index contributed by atoms with van der Waals surface area (Å²) in [5, 5.41) is 5.45. The first-order chi connectivity index (χ1) is 14.4. The van der Waals surface area contributed by atoms with Crippen LogP contribution in [0.3, 0.4) is 0 Å². The maximum atomic E-state index is 11.1. The van der Waals surface area contributed by atoms with E-state index in [1.54, 1.807) is 46.6 Å². The van der Waals surface area contributed by atoms with Crippen molar-refractivity contribution in [2.45, 2.75) is 33.6 Å². The Morgan fingerprint density at radius 1 is 0.933 bits per heavy atom. The third-order valence-electron chi connectivity index (χ3n) is 4.56. The molecular formula is C22H29NO7. The Labute approximate surface area is 176 Å². The van der Waals surface area contributed by atoms with E-state index in [0.29, 0.717) is 57.4 Å². The summed E-state index contributed by atoms with van der Waals surface area (Å²) in [6.45, 7) is 5.45. The fourth-order valence-corrected chi connectivity index (χ4v) is 3.14. The van der Waals surface area contributed by atoms with E-state index in [-0.39, 0.29) is 0 Å². The topological polar surface area (TPSA) is 84.8 Å². The summed E-state index contributed by atoms with van der Waals surface area (Å²) in [6, 6.07) is 5.41. The molecule has 2 aromatic rings. The van der Waals surface area contributed by atoms with Gasteiger partial charge in [-0.1, -0.05) is 13.8 Å². The third kappa shape index (κ3) is 5.06. The van der Waals surface area contributed by atoms with E-state index in [1.807, 2.05) is 0 Å². The van der Waals surface area contributed by atoms with Gasteiger partial charge in [0.1, 0.15) is 23.0 Å². The third-order valence-corrected chi connectivity index (χ3v) is 4.56. The average molecular weight is 419 g/mol. The number of nitrogens with zero attached hydrogens (tertiary/aromatic N) is 1. The molecule has 0 N–H and O–H groups in total. The van der Waals surface area contributed by atoms with Gasteiger partial charge < -0.3 is 18.9 Å². The first kappa shape index (κ1) is 23.1. The van der Waals surface area contributed by atoms with Gasteiger partial charge in [-0.25, -0.2) is 9.68 Å². The Morgan fingerprint density at radius 2 is 1.53 bits per heavy atom. The molecule has 0 fully saturated rings. The number of methoxy groups -OCH3 is 4. The second-order valence-electron chi connectivity index (χ2n) is 7.00. The lowest BCUT2D eigenvalue weighted by Gasteiger charge is -2.19. The van der Waals surface area contributed by atoms with Gasteiger partial charge in [-0.05, 0) is 42.1 Å². The standard InChI is InChI=1S/C22H29NO7/c1-13(2)8-9-16(23-30-29-14(3)24)15-12-19(27-6)20-17(25-4)10-11-18(26-5)21(20)22(15)28-7/h10-13H,8-9H2,1-7H3. The number of carbonyl (C=O) groups is 1. The number of ether oxygens (including phenoxy) is 4. The molecule has 0 aliphatic rings. The van der Waals surface area contributed by atoms with Gasteiger partial charge in [-0.3, -0.25) is 0 Å². The van der Waals surface area contributed by atoms with E-state index in [4.69, 9.17) is 23.9 Å². The molecule has 30 heavy (non-hydrogen) atoms. The molecule has 0 heterocycles. The van der Waals surface area contributed by atoms with Crippen LogP contribution in [-0.2, 0) is 14.7 Å². The largest absolute Gasteiger partial charge is 0.496 e. The van der Waals surface area contributed by atoms with Crippen molar-refractivity contribution < 1.29 is 33.6 Å². The molecule has 0 bridgehead atoms. The van der Waals surface area contributed by atoms with Crippen LogP contribution in [0, 0.1) is 5.92 Å². The molecule has 0 unspecified atom stereocenters. The molecule has 0 radical (unpaired) electrons. The van der Waals surface area contributed by atoms with Gasteiger partial charge in [0, 0.05) is 12.5 Å². The van der Waals surface area contributed by atoms with Crippen LogP contribution in [0.4, 0.5) is 0 Å². The molecule has 164 valence electrons. The molecular weight excluding hydrogens is 390 g/mol. The lowest BCUT2D eigenvalue weighted by Crippen LogP contribution is -2.09. The summed E-state index contributed by atoms with van der Waals surface area (Å²) in [7, 11) is 6.31. The minimum absolute atomic E-state index is 0.423. The second kappa shape index (κ2) is 10.6. The van der Waals surface area contributed by atoms with E-state index >= 15 is 0 Å². The number of hydrogen-bond donors (Lipinski definition) is 0. The van der Waals surface area contributed by atoms with Crippen molar-refractivity contribution in [1.29, 1.82) is 0 Å². The van der Waals surface area contributed by atoms with Crippen molar-refractivity contribution in [3.63, 3.8) is 0 Å². The van der Waals surface area contributed by atoms with Crippen LogP contribution < -0.4 is 18.9 Å². The van der Waals surface area contributed by atoms with Crippen molar-refractivity contribution in [2.24, 2.45) is 11.1 Å². The maximum absolute atomic E-state index is 11.1. The number of fused-ring (bicyclic) bond motifs is 1. The fourth-order valence-electron chi connectivity index (χ4n) is 3.14. The van der Waals surface area contributed by atoms with Gasteiger partial charge in [0.15, 0.2) is 0 Å². The molecule has 0 aliphatic heterocycles. The van der Waals surface area contributed by atoms with Crippen LogP contribution in [0.5, 0.6) is 23.0 Å². The van der Waals surface area contributed by atoms with Gasteiger partial charge in [-0.2, -0.15) is 4.99 Å². The summed E-state index contributed by atoms with van der Waals surface area (Å²) in [5.41, 5.74) is 1.19. The van der Waals surface area contributed by atoms with Crippen LogP contribution in [0.1, 0.15) is 39.2 Å². The normalized spacial score (nSPS) is 11.4. The van der Waals surface area contributed by atoms with Crippen molar-refractivity contribution in [1.82, 2.24) is 0 Å². The van der Waals surface area contributed by atoms with Crippen LogP contribution in [0.15, 0.2) is 23.4 Å². The van der Waals surface area contributed by atoms with E-state index in [1.165, 1.54) is 6.92 Å². The van der Waals surface area contributed by atoms with Crippen LogP contribution in [0.25, 0.3) is 10.8 Å². The Hall–Kier alpha value is -3.16. The van der Waals surface area contributed by atoms with Gasteiger partial charge >= 0.3 is 5.97 Å². The molecule has 0 amide bonds. The Bertz CT molecular complexity index is 922. The number of benzene rings is 2. The highest BCUT2D eigenvalue weighted by Gasteiger charge is 2.24. The lowest BCUT2D eigenvalue weighted by atomic mass is 9.95. The first-order valence-corrected chi connectivity index (χ1v) is 9.59. The first-order valence-electron chi connectivity index (χ1n) is 9.59. The minimum Gasteiger partial charge on any atom is -0.496 e. The summed E-state index contributed by atoms with van der Waals surface area (Å²) < 4.78 is 22.6. The summed E-state index contributed by atoms with van der Waals surface area (Å²) in [6.07, 6.45) is 1.40. The monoisotopic (exact) mass is 419 g/mol. The van der Waals surface area contributed by atoms with Gasteiger partial charge in [-0.15, -0.1) is 0 Å². The Balaban J connectivity index is 2.80. The van der Waals surface area contributed by atoms with Crippen LogP contribution in [-0.4, -0.2) is 40.1 Å². The highest BCUT2D eigenvalue weighted by atomic mass is 17.3. The van der Waals surface area contributed by atoms with E-state index < -0.39 is 5.97 Å². The SMILES string of the molecule is COc1ccc(OC)c2c(OC)c(C(CCC(C)C)=NOOC(C)=O)cc(OC)c12. The average Bonchev–Trinajstić information content (AvgIpc) is 2.73. The maximum Gasteiger partial charge on any atom is 0.354 e. The number of rotatable bonds is 10. The lowest BCUT2D eigenvalue weighted by molar-refractivity contribution is -0.271. The van der Waals surface area contributed by atoms with Gasteiger partial charge in [0.05, 0.1) is 44.9 Å². The summed E-state index contributed by atoms with van der Waals surface area (Å²) in [4.78, 5) is 20.5.